The van der Waals surface area contributed by atoms with Gasteiger partial charge in [0.15, 0.2) is 0 Å². The first-order valence-electron chi connectivity index (χ1n) is 3.81. The molecule has 0 aliphatic rings. The molecule has 0 bridgehead atoms. The van der Waals surface area contributed by atoms with E-state index in [0.29, 0.717) is 0 Å². The van der Waals surface area contributed by atoms with E-state index < -0.39 is 28.3 Å². The summed E-state index contributed by atoms with van der Waals surface area (Å²) in [6.45, 7) is 2.68. The van der Waals surface area contributed by atoms with Crippen molar-refractivity contribution >= 4 is 39.7 Å². The Balaban J connectivity index is 0. The quantitative estimate of drug-likeness (QED) is 0.296. The summed E-state index contributed by atoms with van der Waals surface area (Å²) < 4.78 is 29.1. The van der Waals surface area contributed by atoms with Crippen LogP contribution in [-0.4, -0.2) is 82.4 Å². The zero-order valence-electron chi connectivity index (χ0n) is 7.58. The molecule has 0 saturated heterocycles. The van der Waals surface area contributed by atoms with Gasteiger partial charge in [-0.1, -0.05) is 0 Å². The van der Waals surface area contributed by atoms with Crippen LogP contribution in [0, 0.1) is 0 Å². The fourth-order valence-electron chi connectivity index (χ4n) is 0.907. The predicted octanol–water partition coefficient (Wildman–Crippen LogP) is -1.80. The second kappa shape index (κ2) is 7.13. The Morgan fingerprint density at radius 2 is 1.57 bits per heavy atom. The van der Waals surface area contributed by atoms with Crippen molar-refractivity contribution in [1.29, 1.82) is 0 Å². The molecule has 2 atom stereocenters. The average molecular weight is 237 g/mol. The van der Waals surface area contributed by atoms with Gasteiger partial charge in [0.25, 0.3) is 10.1 Å². The van der Waals surface area contributed by atoms with Gasteiger partial charge in [0.2, 0.25) is 0 Å². The van der Waals surface area contributed by atoms with Crippen LogP contribution in [0.4, 0.5) is 0 Å². The fourth-order valence-corrected chi connectivity index (χ4v) is 1.35. The van der Waals surface area contributed by atoms with Crippen LogP contribution in [0.5, 0.6) is 0 Å². The van der Waals surface area contributed by atoms with E-state index in [9.17, 15) is 8.42 Å². The van der Waals surface area contributed by atoms with Crippen LogP contribution in [0.2, 0.25) is 0 Å². The molecule has 14 heavy (non-hydrogen) atoms. The first-order chi connectivity index (χ1) is 5.74. The molecule has 0 aromatic heterocycles. The molecule has 0 aromatic carbocycles. The summed E-state index contributed by atoms with van der Waals surface area (Å²) in [7, 11) is -4.05. The fraction of sp³-hybridized carbons (Fsp3) is 1.00. The van der Waals surface area contributed by atoms with E-state index in [2.05, 4.69) is 0 Å². The van der Waals surface area contributed by atoms with Gasteiger partial charge in [-0.05, 0) is 13.8 Å². The van der Waals surface area contributed by atoms with Crippen LogP contribution in [-0.2, 0) is 10.1 Å². The Labute approximate surface area is 106 Å². The van der Waals surface area contributed by atoms with Crippen LogP contribution in [0.1, 0.15) is 13.8 Å². The van der Waals surface area contributed by atoms with Gasteiger partial charge in [-0.2, -0.15) is 8.42 Å². The van der Waals surface area contributed by atoms with Crippen molar-refractivity contribution in [3.8, 4) is 0 Å². The summed E-state index contributed by atoms with van der Waals surface area (Å²) in [5.41, 5.74) is 0. The maximum atomic E-state index is 10.3. The van der Waals surface area contributed by atoms with Crippen molar-refractivity contribution in [1.82, 2.24) is 4.90 Å². The second-order valence-corrected chi connectivity index (χ2v) is 4.36. The summed E-state index contributed by atoms with van der Waals surface area (Å²) in [4.78, 5) is 1.13. The zero-order chi connectivity index (χ0) is 10.6. The van der Waals surface area contributed by atoms with E-state index in [0.717, 1.165) is 4.90 Å². The van der Waals surface area contributed by atoms with Gasteiger partial charge in [0, 0.05) is 6.54 Å². The monoisotopic (exact) mass is 237 g/mol. The molecule has 6 nitrogen and oxygen atoms in total. The molecule has 0 aliphatic carbocycles. The number of aliphatic hydroxyl groups excluding tert-OH is 2. The summed E-state index contributed by atoms with van der Waals surface area (Å²) in [6.07, 6.45) is -1.91. The number of aliphatic hydroxyl groups is 2. The number of nitrogens with zero attached hydrogens (tertiary/aromatic N) is 1. The van der Waals surface area contributed by atoms with Crippen LogP contribution in [0.25, 0.3) is 0 Å². The molecule has 0 saturated carbocycles. The summed E-state index contributed by atoms with van der Waals surface area (Å²) in [6, 6.07) is 0. The van der Waals surface area contributed by atoms with Gasteiger partial charge >= 0.3 is 29.6 Å². The molecule has 0 heterocycles. The normalized spacial score (nSPS) is 16.1. The van der Waals surface area contributed by atoms with Crippen molar-refractivity contribution in [2.75, 3.05) is 12.3 Å². The molecule has 0 fully saturated rings. The molecule has 0 aliphatic heterocycles. The van der Waals surface area contributed by atoms with Crippen LogP contribution in [0.15, 0.2) is 0 Å². The Bertz CT molecular complexity index is 233. The maximum absolute atomic E-state index is 10.3. The van der Waals surface area contributed by atoms with Crippen LogP contribution in [0.3, 0.4) is 0 Å². The molecule has 0 amide bonds. The Hall–Kier alpha value is 0.790. The first kappa shape index (κ1) is 17.2. The first-order valence-corrected chi connectivity index (χ1v) is 5.42. The number of hydrogen-bond acceptors (Lipinski definition) is 5. The standard InChI is InChI=1S/C6H15NO5S.Na.H/c1-5(8)7(6(2)9)3-4-13(10,11)12;;/h5-6,8-9H,3-4H2,1-2H3,(H,10,11,12);;. The molecular weight excluding hydrogens is 221 g/mol. The van der Waals surface area contributed by atoms with Crippen molar-refractivity contribution in [3.63, 3.8) is 0 Å². The van der Waals surface area contributed by atoms with Crippen molar-refractivity contribution in [3.05, 3.63) is 0 Å². The molecule has 0 aromatic rings. The molecule has 0 spiro atoms. The van der Waals surface area contributed by atoms with Gasteiger partial charge < -0.3 is 10.2 Å². The summed E-state index contributed by atoms with van der Waals surface area (Å²) in [5, 5.41) is 18.1. The minimum atomic E-state index is -4.05. The van der Waals surface area contributed by atoms with E-state index >= 15 is 0 Å². The molecule has 8 heteroatoms. The van der Waals surface area contributed by atoms with Gasteiger partial charge in [0.05, 0.1) is 5.75 Å². The third-order valence-electron chi connectivity index (χ3n) is 1.57. The van der Waals surface area contributed by atoms with Crippen molar-refractivity contribution in [2.24, 2.45) is 0 Å². The van der Waals surface area contributed by atoms with E-state index in [1.165, 1.54) is 13.8 Å². The molecule has 3 N–H and O–H groups in total. The predicted molar refractivity (Wildman–Crippen MR) is 53.6 cm³/mol. The van der Waals surface area contributed by atoms with Gasteiger partial charge in [-0.15, -0.1) is 0 Å². The Morgan fingerprint density at radius 3 is 1.79 bits per heavy atom. The van der Waals surface area contributed by atoms with Crippen molar-refractivity contribution < 1.29 is 23.2 Å². The van der Waals surface area contributed by atoms with Crippen LogP contribution >= 0.6 is 0 Å². The van der Waals surface area contributed by atoms with Crippen LogP contribution < -0.4 is 0 Å². The minimum absolute atomic E-state index is 0. The molecule has 2 unspecified atom stereocenters. The molecule has 0 rings (SSSR count). The van der Waals surface area contributed by atoms with Gasteiger partial charge in [0.1, 0.15) is 12.5 Å². The molecule has 0 radical (unpaired) electrons. The topological polar surface area (TPSA) is 98.1 Å². The molecule has 82 valence electrons. The number of rotatable bonds is 5. The van der Waals surface area contributed by atoms with Crippen molar-refractivity contribution in [2.45, 2.75) is 26.3 Å². The second-order valence-electron chi connectivity index (χ2n) is 2.79. The zero-order valence-corrected chi connectivity index (χ0v) is 8.40. The summed E-state index contributed by atoms with van der Waals surface area (Å²) >= 11 is 0. The van der Waals surface area contributed by atoms with E-state index in [-0.39, 0.29) is 36.1 Å². The Kier molecular flexibility index (Phi) is 8.75. The number of hydrogen-bond donors (Lipinski definition) is 3. The average Bonchev–Trinajstić information content (AvgIpc) is 1.82. The third kappa shape index (κ3) is 8.13. The third-order valence-corrected chi connectivity index (χ3v) is 2.27. The summed E-state index contributed by atoms with van der Waals surface area (Å²) in [5.74, 6) is -0.511. The van der Waals surface area contributed by atoms with E-state index in [1.54, 1.807) is 0 Å². The van der Waals surface area contributed by atoms with Gasteiger partial charge in [-0.25, -0.2) is 0 Å². The Morgan fingerprint density at radius 1 is 1.21 bits per heavy atom. The van der Waals surface area contributed by atoms with Gasteiger partial charge in [-0.3, -0.25) is 9.45 Å². The van der Waals surface area contributed by atoms with E-state index in [1.807, 2.05) is 0 Å². The SMILES string of the molecule is CC(O)N(CCS(=O)(=O)O)C(C)O.[NaH]. The van der Waals surface area contributed by atoms with E-state index in [4.69, 9.17) is 14.8 Å². The molecular formula is C6H16NNaO5S.